The maximum absolute atomic E-state index is 13.6. The number of hydrogen-bond donors (Lipinski definition) is 0. The molecular weight excluding hydrogens is 616 g/mol. The molecule has 2 aromatic rings. The fraction of sp³-hybridized carbons (Fsp3) is 0.588. The number of halogens is 1. The van der Waals surface area contributed by atoms with Crippen LogP contribution in [0.5, 0.6) is 11.5 Å². The summed E-state index contributed by atoms with van der Waals surface area (Å²) >= 11 is 6.04. The normalized spacial score (nSPS) is 21.6. The van der Waals surface area contributed by atoms with Gasteiger partial charge in [-0.2, -0.15) is 0 Å². The Labute approximate surface area is 275 Å². The van der Waals surface area contributed by atoms with Gasteiger partial charge in [0.05, 0.1) is 12.6 Å². The smallest absolute Gasteiger partial charge is 0.332 e. The molecule has 1 amide bonds. The molecule has 252 valence electrons. The van der Waals surface area contributed by atoms with E-state index in [1.807, 2.05) is 13.8 Å². The van der Waals surface area contributed by atoms with Gasteiger partial charge in [0, 0.05) is 28.6 Å². The first-order valence-corrected chi connectivity index (χ1v) is 16.3. The average molecular weight is 661 g/mol. The molecule has 5 atom stereocenters. The fourth-order valence-corrected chi connectivity index (χ4v) is 6.31. The average Bonchev–Trinajstić information content (AvgIpc) is 3.00. The van der Waals surface area contributed by atoms with Crippen molar-refractivity contribution in [1.82, 2.24) is 4.90 Å². The molecule has 1 fully saturated rings. The molecule has 0 bridgehead atoms. The monoisotopic (exact) mass is 660 g/mol. The number of para-hydroxylation sites is 1. The zero-order chi connectivity index (χ0) is 33.4. The predicted molar refractivity (Wildman–Crippen MR) is 172 cm³/mol. The second-order valence-corrected chi connectivity index (χ2v) is 13.3. The van der Waals surface area contributed by atoms with Gasteiger partial charge >= 0.3 is 5.97 Å². The van der Waals surface area contributed by atoms with Crippen molar-refractivity contribution in [2.45, 2.75) is 84.7 Å². The first-order valence-electron chi connectivity index (χ1n) is 16.0. The van der Waals surface area contributed by atoms with Gasteiger partial charge in [0.25, 0.3) is 11.0 Å². The van der Waals surface area contributed by atoms with Crippen molar-refractivity contribution in [3.05, 3.63) is 68.7 Å². The molecule has 0 spiro atoms. The van der Waals surface area contributed by atoms with Crippen LogP contribution in [0.25, 0.3) is 0 Å². The molecule has 2 aliphatic rings. The third kappa shape index (κ3) is 9.72. The number of hydrogen-bond acceptors (Lipinski definition) is 9. The molecule has 4 rings (SSSR count). The molecule has 1 heterocycles. The minimum atomic E-state index is -0.842. The van der Waals surface area contributed by atoms with Crippen LogP contribution in [0.3, 0.4) is 0 Å². The number of rotatable bonds is 14. The number of amides is 1. The highest BCUT2D eigenvalue weighted by atomic mass is 35.5. The summed E-state index contributed by atoms with van der Waals surface area (Å²) in [6, 6.07) is 11.7. The Balaban J connectivity index is 1.49. The van der Waals surface area contributed by atoms with E-state index in [9.17, 15) is 19.7 Å². The minimum Gasteiger partial charge on any atom is -0.487 e. The van der Waals surface area contributed by atoms with Gasteiger partial charge in [-0.05, 0) is 74.8 Å². The molecule has 12 heteroatoms. The van der Waals surface area contributed by atoms with E-state index >= 15 is 0 Å². The highest BCUT2D eigenvalue weighted by Crippen LogP contribution is 2.36. The number of fused-ring (bicyclic) bond motifs is 1. The lowest BCUT2D eigenvalue weighted by atomic mass is 9.75. The molecule has 0 N–H and O–H groups in total. The molecule has 0 saturated heterocycles. The number of esters is 1. The largest absolute Gasteiger partial charge is 0.487 e. The van der Waals surface area contributed by atoms with Crippen LogP contribution < -0.4 is 9.47 Å². The predicted octanol–water partition coefficient (Wildman–Crippen LogP) is 6.17. The summed E-state index contributed by atoms with van der Waals surface area (Å²) < 4.78 is 24.0. The quantitative estimate of drug-likeness (QED) is 0.133. The summed E-state index contributed by atoms with van der Waals surface area (Å²) in [6.07, 6.45) is 1.78. The van der Waals surface area contributed by atoms with Crippen LogP contribution in [0.2, 0.25) is 5.02 Å². The Bertz CT molecular complexity index is 1340. The van der Waals surface area contributed by atoms with Crippen molar-refractivity contribution in [2.75, 3.05) is 26.4 Å². The van der Waals surface area contributed by atoms with E-state index in [2.05, 4.69) is 20.8 Å². The molecule has 11 nitrogen and oxygen atoms in total. The lowest BCUT2D eigenvalue weighted by molar-refractivity contribution is -0.769. The zero-order valence-corrected chi connectivity index (χ0v) is 27.9. The third-order valence-corrected chi connectivity index (χ3v) is 8.88. The molecule has 1 aliphatic heterocycles. The first kappa shape index (κ1) is 35.3. The highest BCUT2D eigenvalue weighted by molar-refractivity contribution is 6.30. The van der Waals surface area contributed by atoms with Gasteiger partial charge in [-0.1, -0.05) is 50.9 Å². The van der Waals surface area contributed by atoms with Crippen LogP contribution in [0, 0.1) is 27.9 Å². The van der Waals surface area contributed by atoms with Crippen molar-refractivity contribution >= 4 is 23.5 Å². The number of ether oxygens (including phenoxy) is 4. The van der Waals surface area contributed by atoms with Crippen LogP contribution in [-0.2, 0) is 25.5 Å². The number of carbonyl (C=O) groups is 2. The third-order valence-electron chi connectivity index (χ3n) is 8.63. The Morgan fingerprint density at radius 3 is 2.52 bits per heavy atom. The molecular formula is C34H45ClN2O9. The zero-order valence-electron chi connectivity index (χ0n) is 27.2. The van der Waals surface area contributed by atoms with Crippen LogP contribution in [0.15, 0.2) is 42.5 Å². The molecule has 0 radical (unpaired) electrons. The van der Waals surface area contributed by atoms with E-state index in [0.717, 1.165) is 19.3 Å². The van der Waals surface area contributed by atoms with E-state index in [1.165, 1.54) is 0 Å². The molecule has 1 aliphatic carbocycles. The van der Waals surface area contributed by atoms with Crippen LogP contribution >= 0.6 is 11.6 Å². The number of nitrogens with zero attached hydrogens (tertiary/aromatic N) is 2. The van der Waals surface area contributed by atoms with Crippen molar-refractivity contribution in [1.29, 1.82) is 0 Å². The van der Waals surface area contributed by atoms with Crippen molar-refractivity contribution < 1.29 is 38.5 Å². The maximum Gasteiger partial charge on any atom is 0.332 e. The molecule has 2 aromatic carbocycles. The summed E-state index contributed by atoms with van der Waals surface area (Å²) in [5, 5.41) is 10.5. The molecule has 1 saturated carbocycles. The van der Waals surface area contributed by atoms with Gasteiger partial charge in [0.2, 0.25) is 0 Å². The molecule has 5 unspecified atom stereocenters. The summed E-state index contributed by atoms with van der Waals surface area (Å²) in [5.74, 6) is 1.40. The fourth-order valence-electron chi connectivity index (χ4n) is 6.18. The van der Waals surface area contributed by atoms with Gasteiger partial charge in [-0.15, -0.1) is 10.1 Å². The van der Waals surface area contributed by atoms with E-state index in [0.29, 0.717) is 45.4 Å². The van der Waals surface area contributed by atoms with Crippen molar-refractivity contribution in [3.63, 3.8) is 0 Å². The summed E-state index contributed by atoms with van der Waals surface area (Å²) in [7, 11) is 0. The van der Waals surface area contributed by atoms with E-state index < -0.39 is 23.3 Å². The van der Waals surface area contributed by atoms with Gasteiger partial charge in [0.1, 0.15) is 25.9 Å². The van der Waals surface area contributed by atoms with E-state index in [-0.39, 0.29) is 50.8 Å². The number of carbonyl (C=O) groups excluding carboxylic acids is 2. The Kier molecular flexibility index (Phi) is 12.5. The van der Waals surface area contributed by atoms with Crippen LogP contribution in [0.1, 0.15) is 69.8 Å². The Morgan fingerprint density at radius 2 is 1.85 bits per heavy atom. The SMILES string of the molecule is CC1CCC(C(C)C)C(OCC(=O)OC(COc2cccc3c2OCC(O[N+](=O)[O-])C3)CN(C(=O)c2ccc(Cl)cc2)C(C)C)C1. The summed E-state index contributed by atoms with van der Waals surface area (Å²) in [5.41, 5.74) is 1.15. The maximum atomic E-state index is 13.6. The van der Waals surface area contributed by atoms with Gasteiger partial charge in [-0.25, -0.2) is 4.79 Å². The Hall–Kier alpha value is -3.57. The van der Waals surface area contributed by atoms with E-state index in [4.69, 9.17) is 35.4 Å². The second kappa shape index (κ2) is 16.3. The highest BCUT2D eigenvalue weighted by Gasteiger charge is 2.33. The summed E-state index contributed by atoms with van der Waals surface area (Å²) in [6.45, 7) is 10.1. The van der Waals surface area contributed by atoms with Crippen LogP contribution in [0.4, 0.5) is 0 Å². The Morgan fingerprint density at radius 1 is 1.11 bits per heavy atom. The standard InChI is InChI=1S/C34H45ClN2O9/c1-21(2)29-14-9-23(5)15-31(29)43-20-32(38)45-28(17-36(22(3)4)34(39)24-10-12-26(35)13-11-24)19-42-30-8-6-7-25-16-27(46-37(40)41)18-44-33(25)30/h6-8,10-13,21-23,27-29,31H,9,14-20H2,1-5H3. The lowest BCUT2D eigenvalue weighted by Crippen LogP contribution is -2.45. The van der Waals surface area contributed by atoms with Gasteiger partial charge < -0.3 is 28.7 Å². The first-order chi connectivity index (χ1) is 21.9. The second-order valence-electron chi connectivity index (χ2n) is 12.9. The van der Waals surface area contributed by atoms with Gasteiger partial charge in [0.15, 0.2) is 17.6 Å². The van der Waals surface area contributed by atoms with Crippen molar-refractivity contribution in [3.8, 4) is 11.5 Å². The minimum absolute atomic E-state index is 0.0159. The van der Waals surface area contributed by atoms with Crippen molar-refractivity contribution in [2.24, 2.45) is 17.8 Å². The topological polar surface area (TPSA) is 127 Å². The summed E-state index contributed by atoms with van der Waals surface area (Å²) in [4.78, 5) is 43.9. The molecule has 0 aromatic heterocycles. The molecule has 46 heavy (non-hydrogen) atoms. The van der Waals surface area contributed by atoms with E-state index in [1.54, 1.807) is 47.4 Å². The lowest BCUT2D eigenvalue weighted by Gasteiger charge is -2.37. The van der Waals surface area contributed by atoms with Crippen LogP contribution in [-0.4, -0.2) is 72.6 Å². The number of benzene rings is 2. The van der Waals surface area contributed by atoms with Gasteiger partial charge in [-0.3, -0.25) is 4.79 Å².